The van der Waals surface area contributed by atoms with Gasteiger partial charge in [0.25, 0.3) is 0 Å². The molecule has 1 aliphatic heterocycles. The zero-order valence-corrected chi connectivity index (χ0v) is 17.9. The molecule has 2 heterocycles. The van der Waals surface area contributed by atoms with E-state index >= 15 is 0 Å². The fourth-order valence-electron chi connectivity index (χ4n) is 3.68. The third-order valence-corrected chi connectivity index (χ3v) is 5.42. The van der Waals surface area contributed by atoms with Crippen LogP contribution in [0.5, 0.6) is 5.75 Å². The Hall–Kier alpha value is -3.88. The average Bonchev–Trinajstić information content (AvgIpc) is 3.34. The number of piperidine rings is 1. The van der Waals surface area contributed by atoms with Crippen molar-refractivity contribution in [3.8, 4) is 17.1 Å². The molecule has 1 fully saturated rings. The maximum absolute atomic E-state index is 12.9. The SMILES string of the molecule is COC(=O)c1ccccc1NC(=O)[C@H]1CCCN(c2nc(-c3ccc(OC)cc3)no2)C1. The van der Waals surface area contributed by atoms with Crippen LogP contribution >= 0.6 is 0 Å². The van der Waals surface area contributed by atoms with Crippen LogP contribution in [-0.4, -0.2) is 49.3 Å². The summed E-state index contributed by atoms with van der Waals surface area (Å²) in [7, 11) is 2.92. The number of nitrogens with zero attached hydrogens (tertiary/aromatic N) is 3. The molecule has 0 aliphatic carbocycles. The van der Waals surface area contributed by atoms with Gasteiger partial charge in [-0.05, 0) is 49.2 Å². The number of carbonyl (C=O) groups is 2. The van der Waals surface area contributed by atoms with Gasteiger partial charge in [-0.3, -0.25) is 4.79 Å². The highest BCUT2D eigenvalue weighted by Crippen LogP contribution is 2.27. The van der Waals surface area contributed by atoms with Gasteiger partial charge in [0.15, 0.2) is 0 Å². The number of carbonyl (C=O) groups excluding carboxylic acids is 2. The van der Waals surface area contributed by atoms with E-state index < -0.39 is 5.97 Å². The number of ether oxygens (including phenoxy) is 2. The minimum absolute atomic E-state index is 0.166. The van der Waals surface area contributed by atoms with Gasteiger partial charge in [0.1, 0.15) is 5.75 Å². The quantitative estimate of drug-likeness (QED) is 0.586. The van der Waals surface area contributed by atoms with Crippen molar-refractivity contribution < 1.29 is 23.6 Å². The molecule has 9 heteroatoms. The van der Waals surface area contributed by atoms with Crippen molar-refractivity contribution in [3.63, 3.8) is 0 Å². The van der Waals surface area contributed by atoms with Crippen molar-refractivity contribution in [2.45, 2.75) is 12.8 Å². The second kappa shape index (κ2) is 9.51. The van der Waals surface area contributed by atoms with Gasteiger partial charge in [-0.15, -0.1) is 0 Å². The summed E-state index contributed by atoms with van der Waals surface area (Å²) in [5.41, 5.74) is 1.56. The van der Waals surface area contributed by atoms with Gasteiger partial charge in [0, 0.05) is 18.7 Å². The number of para-hydroxylation sites is 1. The van der Waals surface area contributed by atoms with Crippen molar-refractivity contribution in [2.24, 2.45) is 5.92 Å². The first-order chi connectivity index (χ1) is 15.6. The molecule has 0 spiro atoms. The fraction of sp³-hybridized carbons (Fsp3) is 0.304. The Balaban J connectivity index is 1.44. The molecule has 1 aliphatic rings. The molecule has 0 saturated carbocycles. The van der Waals surface area contributed by atoms with Gasteiger partial charge in [0.2, 0.25) is 11.7 Å². The number of aromatic nitrogens is 2. The predicted molar refractivity (Wildman–Crippen MR) is 118 cm³/mol. The van der Waals surface area contributed by atoms with Crippen molar-refractivity contribution in [2.75, 3.05) is 37.5 Å². The number of benzene rings is 2. The Bertz CT molecular complexity index is 1100. The number of amides is 1. The Morgan fingerprint density at radius 2 is 1.91 bits per heavy atom. The van der Waals surface area contributed by atoms with Crippen LogP contribution in [0, 0.1) is 5.92 Å². The summed E-state index contributed by atoms with van der Waals surface area (Å²) in [4.78, 5) is 31.3. The van der Waals surface area contributed by atoms with Gasteiger partial charge in [0.05, 0.1) is 31.4 Å². The van der Waals surface area contributed by atoms with E-state index in [-0.39, 0.29) is 11.8 Å². The molecule has 1 atom stereocenters. The third-order valence-electron chi connectivity index (χ3n) is 5.42. The van der Waals surface area contributed by atoms with Gasteiger partial charge in [-0.25, -0.2) is 4.79 Å². The van der Waals surface area contributed by atoms with E-state index in [1.54, 1.807) is 31.4 Å². The first-order valence-electron chi connectivity index (χ1n) is 10.3. The number of rotatable bonds is 6. The lowest BCUT2D eigenvalue weighted by atomic mass is 9.97. The lowest BCUT2D eigenvalue weighted by Gasteiger charge is -2.30. The summed E-state index contributed by atoms with van der Waals surface area (Å²) in [5.74, 6) is 0.271. The van der Waals surface area contributed by atoms with Gasteiger partial charge < -0.3 is 24.2 Å². The van der Waals surface area contributed by atoms with Crippen LogP contribution in [0.4, 0.5) is 11.7 Å². The molecule has 1 saturated heterocycles. The number of hydrogen-bond acceptors (Lipinski definition) is 8. The zero-order chi connectivity index (χ0) is 22.5. The van der Waals surface area contributed by atoms with E-state index in [0.717, 1.165) is 24.2 Å². The van der Waals surface area contributed by atoms with E-state index in [2.05, 4.69) is 15.5 Å². The summed E-state index contributed by atoms with van der Waals surface area (Å²) in [6.07, 6.45) is 1.53. The summed E-state index contributed by atoms with van der Waals surface area (Å²) in [5, 5.41) is 6.94. The van der Waals surface area contributed by atoms with Crippen LogP contribution in [0.15, 0.2) is 53.1 Å². The summed E-state index contributed by atoms with van der Waals surface area (Å²) < 4.78 is 15.4. The molecular weight excluding hydrogens is 412 g/mol. The van der Waals surface area contributed by atoms with Crippen molar-refractivity contribution in [1.82, 2.24) is 10.1 Å². The summed E-state index contributed by atoms with van der Waals surface area (Å²) >= 11 is 0. The Labute approximate surface area is 185 Å². The van der Waals surface area contributed by atoms with Gasteiger partial charge in [-0.2, -0.15) is 4.98 Å². The molecular formula is C23H24N4O5. The molecule has 0 bridgehead atoms. The molecule has 32 heavy (non-hydrogen) atoms. The maximum atomic E-state index is 12.9. The number of nitrogens with one attached hydrogen (secondary N) is 1. The minimum atomic E-state index is -0.497. The predicted octanol–water partition coefficient (Wildman–Crippen LogP) is 3.39. The van der Waals surface area contributed by atoms with Crippen LogP contribution in [0.1, 0.15) is 23.2 Å². The molecule has 1 amide bonds. The number of esters is 1. The molecule has 0 radical (unpaired) electrons. The molecule has 1 N–H and O–H groups in total. The largest absolute Gasteiger partial charge is 0.497 e. The second-order valence-corrected chi connectivity index (χ2v) is 7.44. The van der Waals surface area contributed by atoms with Crippen LogP contribution < -0.4 is 15.0 Å². The molecule has 166 valence electrons. The highest BCUT2D eigenvalue weighted by atomic mass is 16.5. The molecule has 0 unspecified atom stereocenters. The van der Waals surface area contributed by atoms with Crippen molar-refractivity contribution in [3.05, 3.63) is 54.1 Å². The lowest BCUT2D eigenvalue weighted by molar-refractivity contribution is -0.120. The molecule has 2 aromatic carbocycles. The molecule has 9 nitrogen and oxygen atoms in total. The van der Waals surface area contributed by atoms with Crippen LogP contribution in [0.3, 0.4) is 0 Å². The highest BCUT2D eigenvalue weighted by molar-refractivity contribution is 6.02. The number of methoxy groups -OCH3 is 2. The lowest BCUT2D eigenvalue weighted by Crippen LogP contribution is -2.41. The first-order valence-corrected chi connectivity index (χ1v) is 10.3. The van der Waals surface area contributed by atoms with Crippen LogP contribution in [0.25, 0.3) is 11.4 Å². The first kappa shape index (κ1) is 21.4. The Morgan fingerprint density at radius 3 is 2.66 bits per heavy atom. The van der Waals surface area contributed by atoms with Crippen LogP contribution in [-0.2, 0) is 9.53 Å². The smallest absolute Gasteiger partial charge is 0.339 e. The Kier molecular flexibility index (Phi) is 6.34. The van der Waals surface area contributed by atoms with E-state index in [1.807, 2.05) is 29.2 Å². The standard InChI is InChI=1S/C23H24N4O5/c1-30-17-11-9-15(10-12-17)20-25-23(32-26-20)27-13-5-6-16(14-27)21(28)24-19-8-4-3-7-18(19)22(29)31-2/h3-4,7-12,16H,5-6,13-14H2,1-2H3,(H,24,28)/t16-/m0/s1. The average molecular weight is 436 g/mol. The molecule has 4 rings (SSSR count). The Morgan fingerprint density at radius 1 is 1.12 bits per heavy atom. The van der Waals surface area contributed by atoms with E-state index in [4.69, 9.17) is 14.0 Å². The van der Waals surface area contributed by atoms with Crippen molar-refractivity contribution >= 4 is 23.6 Å². The summed E-state index contributed by atoms with van der Waals surface area (Å²) in [6.45, 7) is 1.16. The number of hydrogen-bond donors (Lipinski definition) is 1. The highest BCUT2D eigenvalue weighted by Gasteiger charge is 2.29. The van der Waals surface area contributed by atoms with E-state index in [9.17, 15) is 9.59 Å². The van der Waals surface area contributed by atoms with Crippen molar-refractivity contribution in [1.29, 1.82) is 0 Å². The van der Waals surface area contributed by atoms with Gasteiger partial charge in [-0.1, -0.05) is 17.3 Å². The minimum Gasteiger partial charge on any atom is -0.497 e. The third kappa shape index (κ3) is 4.56. The normalized spacial score (nSPS) is 15.8. The second-order valence-electron chi connectivity index (χ2n) is 7.44. The molecule has 1 aromatic heterocycles. The van der Waals surface area contributed by atoms with E-state index in [0.29, 0.717) is 36.2 Å². The van der Waals surface area contributed by atoms with E-state index in [1.165, 1.54) is 7.11 Å². The van der Waals surface area contributed by atoms with Gasteiger partial charge >= 0.3 is 12.0 Å². The summed E-state index contributed by atoms with van der Waals surface area (Å²) in [6, 6.07) is 14.5. The van der Waals surface area contributed by atoms with Crippen LogP contribution in [0.2, 0.25) is 0 Å². The zero-order valence-electron chi connectivity index (χ0n) is 17.9. The molecule has 3 aromatic rings. The number of anilines is 2. The monoisotopic (exact) mass is 436 g/mol. The fourth-order valence-corrected chi connectivity index (χ4v) is 3.68. The maximum Gasteiger partial charge on any atom is 0.339 e. The topological polar surface area (TPSA) is 107 Å².